The largest absolute Gasteiger partial charge is 0.462 e. The normalized spacial score (nSPS) is 12.9. The molecule has 0 atom stereocenters. The van der Waals surface area contributed by atoms with Crippen LogP contribution in [-0.2, 0) is 9.53 Å². The Morgan fingerprint density at radius 2 is 2.03 bits per heavy atom. The van der Waals surface area contributed by atoms with Crippen molar-refractivity contribution in [3.8, 4) is 0 Å². The Kier molecular flexibility index (Phi) is 6.81. The first-order chi connectivity index (χ1) is 15.5. The van der Waals surface area contributed by atoms with Crippen LogP contribution in [0.15, 0.2) is 39.2 Å². The van der Waals surface area contributed by atoms with Crippen molar-refractivity contribution in [1.29, 1.82) is 0 Å². The fourth-order valence-corrected chi connectivity index (χ4v) is 4.28. The summed E-state index contributed by atoms with van der Waals surface area (Å²) >= 11 is 2.30. The second-order valence-corrected chi connectivity index (χ2v) is 9.02. The summed E-state index contributed by atoms with van der Waals surface area (Å²) in [5.74, 6) is -0.113. The molecule has 1 aromatic carbocycles. The number of ether oxygens (including phenoxy) is 1. The maximum Gasteiger partial charge on any atom is 0.340 e. The lowest BCUT2D eigenvalue weighted by molar-refractivity contribution is -0.113. The van der Waals surface area contributed by atoms with Gasteiger partial charge in [0.2, 0.25) is 11.0 Å². The molecule has 1 aliphatic carbocycles. The minimum absolute atomic E-state index is 0.0494. The summed E-state index contributed by atoms with van der Waals surface area (Å²) in [5, 5.41) is 17.3. The van der Waals surface area contributed by atoms with Gasteiger partial charge in [0.15, 0.2) is 10.0 Å². The van der Waals surface area contributed by atoms with E-state index >= 15 is 0 Å². The maximum absolute atomic E-state index is 12.3. The van der Waals surface area contributed by atoms with Crippen molar-refractivity contribution in [1.82, 2.24) is 15.4 Å². The number of carbonyl (C=O) groups is 3. The quantitative estimate of drug-likeness (QED) is 0.271. The zero-order valence-electron chi connectivity index (χ0n) is 17.0. The van der Waals surface area contributed by atoms with Gasteiger partial charge < -0.3 is 14.6 Å². The van der Waals surface area contributed by atoms with E-state index < -0.39 is 11.9 Å². The first-order valence-electron chi connectivity index (χ1n) is 9.83. The fraction of sp³-hybridized carbons (Fsp3) is 0.300. The molecule has 32 heavy (non-hydrogen) atoms. The lowest BCUT2D eigenvalue weighted by Crippen LogP contribution is -2.17. The molecule has 1 aliphatic rings. The van der Waals surface area contributed by atoms with Crippen LogP contribution in [-0.4, -0.2) is 45.5 Å². The van der Waals surface area contributed by atoms with Crippen molar-refractivity contribution < 1.29 is 23.6 Å². The van der Waals surface area contributed by atoms with Crippen LogP contribution in [0.3, 0.4) is 0 Å². The Hall–Kier alpha value is -3.25. The smallest absolute Gasteiger partial charge is 0.340 e. The van der Waals surface area contributed by atoms with Gasteiger partial charge in [-0.3, -0.25) is 14.9 Å². The van der Waals surface area contributed by atoms with Crippen molar-refractivity contribution in [3.63, 3.8) is 0 Å². The number of nitrogens with zero attached hydrogens (tertiary/aromatic N) is 3. The van der Waals surface area contributed by atoms with E-state index in [9.17, 15) is 14.4 Å². The third-order valence-electron chi connectivity index (χ3n) is 4.39. The van der Waals surface area contributed by atoms with Crippen molar-refractivity contribution in [2.75, 3.05) is 23.0 Å². The molecule has 0 spiro atoms. The Morgan fingerprint density at radius 1 is 1.22 bits per heavy atom. The summed E-state index contributed by atoms with van der Waals surface area (Å²) in [6, 6.07) is 8.27. The second kappa shape index (κ2) is 9.92. The minimum atomic E-state index is -0.503. The van der Waals surface area contributed by atoms with Gasteiger partial charge in [-0.15, -0.1) is 10.2 Å². The summed E-state index contributed by atoms with van der Waals surface area (Å²) in [6.45, 7) is 1.96. The van der Waals surface area contributed by atoms with Gasteiger partial charge in [0.05, 0.1) is 23.6 Å². The summed E-state index contributed by atoms with van der Waals surface area (Å²) < 4.78 is 10.7. The Balaban J connectivity index is 1.29. The number of rotatable bonds is 9. The number of esters is 1. The highest BCUT2D eigenvalue weighted by molar-refractivity contribution is 8.01. The van der Waals surface area contributed by atoms with E-state index in [-0.39, 0.29) is 29.5 Å². The zero-order chi connectivity index (χ0) is 22.5. The molecule has 2 amide bonds. The summed E-state index contributed by atoms with van der Waals surface area (Å²) in [5.41, 5.74) is 0.849. The molecule has 2 N–H and O–H groups in total. The average molecular weight is 474 g/mol. The molecule has 1 saturated carbocycles. The highest BCUT2D eigenvalue weighted by Crippen LogP contribution is 2.40. The van der Waals surface area contributed by atoms with E-state index in [0.717, 1.165) is 41.7 Å². The van der Waals surface area contributed by atoms with Crippen LogP contribution in [0, 0.1) is 0 Å². The molecule has 2 aromatic heterocycles. The molecule has 0 aliphatic heterocycles. The average Bonchev–Trinajstić information content (AvgIpc) is 3.33. The molecule has 10 nitrogen and oxygen atoms in total. The van der Waals surface area contributed by atoms with Gasteiger partial charge in [-0.1, -0.05) is 40.4 Å². The molecule has 3 aromatic rings. The zero-order valence-corrected chi connectivity index (χ0v) is 18.6. The van der Waals surface area contributed by atoms with Crippen molar-refractivity contribution in [3.05, 3.63) is 47.3 Å². The number of amides is 2. The van der Waals surface area contributed by atoms with E-state index in [1.54, 1.807) is 37.3 Å². The number of hydrogen-bond donors (Lipinski definition) is 2. The third kappa shape index (κ3) is 5.51. The number of nitrogens with one attached hydrogen (secondary N) is 2. The van der Waals surface area contributed by atoms with Crippen LogP contribution in [0.1, 0.15) is 52.3 Å². The van der Waals surface area contributed by atoms with E-state index in [1.165, 1.54) is 0 Å². The SMILES string of the molecule is CCOC(=O)c1ccccc1NC(=O)CSc1nnc(NC(=O)c2cc(C3CC3)on2)s1. The summed E-state index contributed by atoms with van der Waals surface area (Å²) in [6.07, 6.45) is 2.10. The molecule has 4 rings (SSSR count). The number of para-hydroxylation sites is 1. The van der Waals surface area contributed by atoms with E-state index in [1.807, 2.05) is 0 Å². The van der Waals surface area contributed by atoms with Gasteiger partial charge in [-0.05, 0) is 31.9 Å². The number of carbonyl (C=O) groups excluding carboxylic acids is 3. The van der Waals surface area contributed by atoms with Gasteiger partial charge >= 0.3 is 5.97 Å². The molecular formula is C20H19N5O5S2. The molecule has 0 saturated heterocycles. The Labute approximate surface area is 191 Å². The molecule has 0 radical (unpaired) electrons. The predicted octanol–water partition coefficient (Wildman–Crippen LogP) is 3.56. The second-order valence-electron chi connectivity index (χ2n) is 6.82. The predicted molar refractivity (Wildman–Crippen MR) is 118 cm³/mol. The van der Waals surface area contributed by atoms with Crippen molar-refractivity contribution in [2.45, 2.75) is 30.0 Å². The molecule has 166 valence electrons. The molecule has 1 fully saturated rings. The maximum atomic E-state index is 12.3. The van der Waals surface area contributed by atoms with Crippen LogP contribution < -0.4 is 10.6 Å². The number of aromatic nitrogens is 3. The third-order valence-corrected chi connectivity index (χ3v) is 6.36. The molecule has 2 heterocycles. The minimum Gasteiger partial charge on any atom is -0.462 e. The van der Waals surface area contributed by atoms with E-state index in [4.69, 9.17) is 9.26 Å². The van der Waals surface area contributed by atoms with Gasteiger partial charge in [0.25, 0.3) is 5.91 Å². The van der Waals surface area contributed by atoms with Crippen LogP contribution in [0.4, 0.5) is 10.8 Å². The van der Waals surface area contributed by atoms with Crippen LogP contribution in [0.25, 0.3) is 0 Å². The van der Waals surface area contributed by atoms with Gasteiger partial charge in [0.1, 0.15) is 5.76 Å². The number of thioether (sulfide) groups is 1. The molecule has 0 unspecified atom stereocenters. The van der Waals surface area contributed by atoms with Crippen LogP contribution in [0.5, 0.6) is 0 Å². The van der Waals surface area contributed by atoms with Crippen LogP contribution in [0.2, 0.25) is 0 Å². The van der Waals surface area contributed by atoms with E-state index in [2.05, 4.69) is 26.0 Å². The van der Waals surface area contributed by atoms with Gasteiger partial charge in [-0.25, -0.2) is 4.79 Å². The molecular weight excluding hydrogens is 454 g/mol. The fourth-order valence-electron chi connectivity index (χ4n) is 2.73. The lowest BCUT2D eigenvalue weighted by Gasteiger charge is -2.09. The topological polar surface area (TPSA) is 136 Å². The standard InChI is InChI=1S/C20H19N5O5S2/c1-2-29-18(28)12-5-3-4-6-13(12)21-16(26)10-31-20-24-23-19(32-20)22-17(27)14-9-15(30-25-14)11-7-8-11/h3-6,9,11H,2,7-8,10H2,1H3,(H,21,26)(H,22,23,27). The monoisotopic (exact) mass is 473 g/mol. The molecule has 12 heteroatoms. The first kappa shape index (κ1) is 22.0. The lowest BCUT2D eigenvalue weighted by atomic mass is 10.2. The number of benzene rings is 1. The first-order valence-corrected chi connectivity index (χ1v) is 11.6. The van der Waals surface area contributed by atoms with Gasteiger partial charge in [-0.2, -0.15) is 0 Å². The highest BCUT2D eigenvalue weighted by Gasteiger charge is 2.29. The van der Waals surface area contributed by atoms with Gasteiger partial charge in [0, 0.05) is 12.0 Å². The number of anilines is 2. The molecule has 0 bridgehead atoms. The van der Waals surface area contributed by atoms with Crippen LogP contribution >= 0.6 is 23.1 Å². The highest BCUT2D eigenvalue weighted by atomic mass is 32.2. The van der Waals surface area contributed by atoms with Crippen molar-refractivity contribution in [2.24, 2.45) is 0 Å². The van der Waals surface area contributed by atoms with Crippen molar-refractivity contribution >= 4 is 51.7 Å². The summed E-state index contributed by atoms with van der Waals surface area (Å²) in [7, 11) is 0. The Morgan fingerprint density at radius 3 is 2.81 bits per heavy atom. The van der Waals surface area contributed by atoms with E-state index in [0.29, 0.717) is 21.1 Å². The Bertz CT molecular complexity index is 1140. The number of hydrogen-bond acceptors (Lipinski definition) is 10. The summed E-state index contributed by atoms with van der Waals surface area (Å²) in [4.78, 5) is 36.6.